The molecule has 28 heavy (non-hydrogen) atoms. The number of carbonyl (C=O) groups is 1. The number of carboxylic acid groups (broad SMARTS) is 1. The molecule has 2 rings (SSSR count). The second-order valence-electron chi connectivity index (χ2n) is 5.92. The molecule has 0 saturated heterocycles. The van der Waals surface area contributed by atoms with Crippen molar-refractivity contribution in [2.75, 3.05) is 6.54 Å². The summed E-state index contributed by atoms with van der Waals surface area (Å²) in [4.78, 5) is 19.0. The maximum atomic E-state index is 13.4. The molecule has 2 aromatic carbocycles. The zero-order chi connectivity index (χ0) is 20.5. The van der Waals surface area contributed by atoms with Gasteiger partial charge in [0, 0.05) is 22.7 Å². The van der Waals surface area contributed by atoms with Crippen molar-refractivity contribution in [1.82, 2.24) is 0 Å². The van der Waals surface area contributed by atoms with Gasteiger partial charge in [-0.15, -0.1) is 0 Å². The molecule has 0 spiro atoms. The fraction of sp³-hybridized carbons (Fsp3) is 0.190. The van der Waals surface area contributed by atoms with Gasteiger partial charge in [0.15, 0.2) is 0 Å². The summed E-state index contributed by atoms with van der Waals surface area (Å²) in [6.07, 6.45) is 0.326. The summed E-state index contributed by atoms with van der Waals surface area (Å²) in [6.45, 7) is 4.80. The number of benzene rings is 2. The van der Waals surface area contributed by atoms with Gasteiger partial charge in [0.1, 0.15) is 19.0 Å². The molecule has 146 valence electrons. The lowest BCUT2D eigenvalue weighted by atomic mass is 10.0. The monoisotopic (exact) mass is 402 g/mol. The Morgan fingerprint density at radius 1 is 1.25 bits per heavy atom. The molecule has 0 aromatic heterocycles. The van der Waals surface area contributed by atoms with Crippen molar-refractivity contribution in [2.45, 2.75) is 20.0 Å². The lowest BCUT2D eigenvalue weighted by Crippen LogP contribution is -2.15. The van der Waals surface area contributed by atoms with Crippen LogP contribution in [0.3, 0.4) is 0 Å². The van der Waals surface area contributed by atoms with Crippen molar-refractivity contribution in [3.63, 3.8) is 0 Å². The molecule has 0 bridgehead atoms. The summed E-state index contributed by atoms with van der Waals surface area (Å²) < 4.78 is 19.2. The highest BCUT2D eigenvalue weighted by Gasteiger charge is 2.16. The van der Waals surface area contributed by atoms with E-state index in [2.05, 4.69) is 16.7 Å². The van der Waals surface area contributed by atoms with Gasteiger partial charge in [-0.1, -0.05) is 41.9 Å². The first kappa shape index (κ1) is 21.3. The molecule has 0 heterocycles. The van der Waals surface area contributed by atoms with E-state index in [1.807, 2.05) is 18.2 Å². The number of allylic oxidation sites excluding steroid dienone is 1. The van der Waals surface area contributed by atoms with Crippen molar-refractivity contribution in [2.24, 2.45) is 9.98 Å². The van der Waals surface area contributed by atoms with E-state index < -0.39 is 12.5 Å². The molecule has 0 amide bonds. The number of halogens is 2. The van der Waals surface area contributed by atoms with Crippen molar-refractivity contribution in [3.05, 3.63) is 81.8 Å². The predicted octanol–water partition coefficient (Wildman–Crippen LogP) is 4.70. The number of aliphatic imine (C=N–C) groups is 2. The third kappa shape index (κ3) is 6.32. The average Bonchev–Trinajstić information content (AvgIpc) is 2.67. The van der Waals surface area contributed by atoms with Crippen molar-refractivity contribution >= 4 is 30.2 Å². The second-order valence-corrected chi connectivity index (χ2v) is 6.33. The molecule has 5 nitrogen and oxygen atoms in total. The van der Waals surface area contributed by atoms with Gasteiger partial charge in [0.2, 0.25) is 5.90 Å². The van der Waals surface area contributed by atoms with Gasteiger partial charge in [-0.05, 0) is 43.0 Å². The van der Waals surface area contributed by atoms with Crippen LogP contribution in [0.4, 0.5) is 4.39 Å². The summed E-state index contributed by atoms with van der Waals surface area (Å²) in [5.74, 6) is -1.38. The molecular formula is C21H20ClFN2O3. The van der Waals surface area contributed by atoms with E-state index in [9.17, 15) is 9.18 Å². The quantitative estimate of drug-likeness (QED) is 0.514. The Labute approximate surface area is 167 Å². The van der Waals surface area contributed by atoms with E-state index in [4.69, 9.17) is 21.4 Å². The molecule has 0 aliphatic heterocycles. The van der Waals surface area contributed by atoms with Gasteiger partial charge < -0.3 is 9.84 Å². The highest BCUT2D eigenvalue weighted by atomic mass is 35.5. The molecule has 0 unspecified atom stereocenters. The maximum Gasteiger partial charge on any atom is 0.325 e. The number of hydrogen-bond acceptors (Lipinski definition) is 4. The Kier molecular flexibility index (Phi) is 7.89. The summed E-state index contributed by atoms with van der Waals surface area (Å²) in [5, 5.41) is 9.57. The fourth-order valence-corrected chi connectivity index (χ4v) is 2.63. The zero-order valence-electron chi connectivity index (χ0n) is 15.4. The number of aliphatic carboxylic acids is 1. The summed E-state index contributed by atoms with van der Waals surface area (Å²) in [5.41, 5.74) is 2.48. The van der Waals surface area contributed by atoms with Gasteiger partial charge in [-0.25, -0.2) is 9.38 Å². The number of ether oxygens (including phenoxy) is 1. The average molecular weight is 403 g/mol. The third-order valence-corrected chi connectivity index (χ3v) is 4.25. The molecule has 0 aliphatic rings. The van der Waals surface area contributed by atoms with E-state index in [0.29, 0.717) is 28.3 Å². The van der Waals surface area contributed by atoms with Crippen LogP contribution in [-0.4, -0.2) is 30.2 Å². The van der Waals surface area contributed by atoms with Gasteiger partial charge >= 0.3 is 5.97 Å². The molecule has 0 aliphatic carbocycles. The first-order valence-corrected chi connectivity index (χ1v) is 8.82. The van der Waals surface area contributed by atoms with Crippen LogP contribution in [-0.2, 0) is 22.6 Å². The first-order valence-electron chi connectivity index (χ1n) is 8.44. The zero-order valence-corrected chi connectivity index (χ0v) is 16.1. The van der Waals surface area contributed by atoms with E-state index in [1.54, 1.807) is 25.1 Å². The SMILES string of the molecule is C=N/C(C)=C(/Cc1ccccc1Cl)C(=NCC(=O)O)OCc1cccc(F)c1. The van der Waals surface area contributed by atoms with Crippen LogP contribution in [0.15, 0.2) is 69.8 Å². The van der Waals surface area contributed by atoms with E-state index in [-0.39, 0.29) is 18.3 Å². The largest absolute Gasteiger partial charge is 0.480 e. The van der Waals surface area contributed by atoms with E-state index in [0.717, 1.165) is 5.56 Å². The highest BCUT2D eigenvalue weighted by molar-refractivity contribution is 6.31. The van der Waals surface area contributed by atoms with E-state index >= 15 is 0 Å². The molecule has 2 aromatic rings. The Hall–Kier alpha value is -2.99. The van der Waals surface area contributed by atoms with Crippen molar-refractivity contribution in [1.29, 1.82) is 0 Å². The fourth-order valence-electron chi connectivity index (χ4n) is 2.43. The smallest absolute Gasteiger partial charge is 0.325 e. The van der Waals surface area contributed by atoms with Crippen LogP contribution in [0.1, 0.15) is 18.1 Å². The first-order chi connectivity index (χ1) is 13.4. The number of hydrogen-bond donors (Lipinski definition) is 1. The lowest BCUT2D eigenvalue weighted by molar-refractivity contribution is -0.135. The van der Waals surface area contributed by atoms with Crippen LogP contribution in [0.2, 0.25) is 5.02 Å². The molecule has 0 radical (unpaired) electrons. The minimum atomic E-state index is -1.10. The van der Waals surface area contributed by atoms with Crippen molar-refractivity contribution < 1.29 is 19.0 Å². The summed E-state index contributed by atoms with van der Waals surface area (Å²) in [7, 11) is 0. The second kappa shape index (κ2) is 10.4. The minimum Gasteiger partial charge on any atom is -0.480 e. The van der Waals surface area contributed by atoms with Gasteiger partial charge in [-0.2, -0.15) is 0 Å². The number of carboxylic acids is 1. The van der Waals surface area contributed by atoms with Gasteiger partial charge in [0.25, 0.3) is 0 Å². The van der Waals surface area contributed by atoms with Gasteiger partial charge in [0.05, 0.1) is 0 Å². The molecule has 0 fully saturated rings. The normalized spacial score (nSPS) is 12.3. The van der Waals surface area contributed by atoms with Gasteiger partial charge in [-0.3, -0.25) is 9.79 Å². The lowest BCUT2D eigenvalue weighted by Gasteiger charge is -2.15. The number of nitrogens with zero attached hydrogens (tertiary/aromatic N) is 2. The van der Waals surface area contributed by atoms with Crippen LogP contribution in [0.5, 0.6) is 0 Å². The molecule has 0 atom stereocenters. The summed E-state index contributed by atoms with van der Waals surface area (Å²) >= 11 is 6.25. The molecular weight excluding hydrogens is 383 g/mol. The van der Waals surface area contributed by atoms with Crippen LogP contribution in [0, 0.1) is 5.82 Å². The van der Waals surface area contributed by atoms with Crippen LogP contribution in [0.25, 0.3) is 0 Å². The Balaban J connectivity index is 2.36. The summed E-state index contributed by atoms with van der Waals surface area (Å²) in [6, 6.07) is 13.2. The van der Waals surface area contributed by atoms with Crippen LogP contribution < -0.4 is 0 Å². The highest BCUT2D eigenvalue weighted by Crippen LogP contribution is 2.22. The Bertz CT molecular complexity index is 925. The maximum absolute atomic E-state index is 13.4. The number of rotatable bonds is 8. The van der Waals surface area contributed by atoms with E-state index in [1.165, 1.54) is 12.1 Å². The third-order valence-electron chi connectivity index (χ3n) is 3.88. The Morgan fingerprint density at radius 2 is 2.00 bits per heavy atom. The standard InChI is InChI=1S/C21H20ClFN2O3/c1-14(24-2)18(11-16-7-3-4-9-19(16)22)21(25-12-20(26)27)28-13-15-6-5-8-17(23)10-15/h3-10H,2,11-13H2,1H3,(H,26,27)/b18-14-,25-21?. The topological polar surface area (TPSA) is 71.2 Å². The minimum absolute atomic E-state index is 0.0205. The Morgan fingerprint density at radius 3 is 2.64 bits per heavy atom. The van der Waals surface area contributed by atoms with Crippen LogP contribution >= 0.6 is 11.6 Å². The molecule has 7 heteroatoms. The van der Waals surface area contributed by atoms with Crippen molar-refractivity contribution in [3.8, 4) is 0 Å². The predicted molar refractivity (Wildman–Crippen MR) is 109 cm³/mol. The molecule has 1 N–H and O–H groups in total. The molecule has 0 saturated carbocycles.